The van der Waals surface area contributed by atoms with Crippen molar-refractivity contribution in [2.24, 2.45) is 23.5 Å². The lowest BCUT2D eigenvalue weighted by atomic mass is 9.65. The molecule has 3 aliphatic rings. The summed E-state index contributed by atoms with van der Waals surface area (Å²) in [6, 6.07) is 5.91. The Morgan fingerprint density at radius 2 is 1.92 bits per heavy atom. The number of benzene rings is 1. The molecule has 24 heavy (non-hydrogen) atoms. The first-order valence-electron chi connectivity index (χ1n) is 8.59. The monoisotopic (exact) mass is 349 g/mol. The fraction of sp³-hybridized carbons (Fsp3) is 0.556. The number of rotatable bonds is 2. The fourth-order valence-corrected chi connectivity index (χ4v) is 4.55. The summed E-state index contributed by atoms with van der Waals surface area (Å²) < 4.78 is 0. The first kappa shape index (κ1) is 17.2. The Morgan fingerprint density at radius 1 is 1.21 bits per heavy atom. The van der Waals surface area contributed by atoms with Gasteiger partial charge < -0.3 is 16.4 Å². The third kappa shape index (κ3) is 3.15. The predicted octanol–water partition coefficient (Wildman–Crippen LogP) is 2.70. The lowest BCUT2D eigenvalue weighted by molar-refractivity contribution is -0.122. The van der Waals surface area contributed by atoms with E-state index in [0.717, 1.165) is 42.6 Å². The van der Waals surface area contributed by atoms with Gasteiger partial charge in [0, 0.05) is 23.3 Å². The van der Waals surface area contributed by atoms with E-state index in [1.807, 2.05) is 18.2 Å². The molecule has 0 aromatic heterocycles. The minimum absolute atomic E-state index is 0. The number of nitrogens with one attached hydrogen (secondary N) is 2. The number of anilines is 2. The number of fused-ring (bicyclic) bond motifs is 3. The predicted molar refractivity (Wildman–Crippen MR) is 96.2 cm³/mol. The van der Waals surface area contributed by atoms with Crippen molar-refractivity contribution in [3.8, 4) is 0 Å². The number of hydrogen-bond donors (Lipinski definition) is 3. The van der Waals surface area contributed by atoms with Gasteiger partial charge in [-0.15, -0.1) is 12.4 Å². The Bertz CT molecular complexity index is 650. The molecule has 0 saturated heterocycles. The Hall–Kier alpha value is -1.59. The van der Waals surface area contributed by atoms with Crippen molar-refractivity contribution < 1.29 is 9.59 Å². The van der Waals surface area contributed by atoms with Gasteiger partial charge in [0.05, 0.1) is 6.42 Å². The summed E-state index contributed by atoms with van der Waals surface area (Å²) in [7, 11) is 0. The SMILES string of the molecule is Cl.NC1C2CCCC1CC(C(=O)Nc1ccc3c(c1)CC(=O)N3)C2. The summed E-state index contributed by atoms with van der Waals surface area (Å²) in [6.07, 6.45) is 5.79. The van der Waals surface area contributed by atoms with Gasteiger partial charge in [-0.2, -0.15) is 0 Å². The Labute approximate surface area is 148 Å². The average Bonchev–Trinajstić information content (AvgIpc) is 2.86. The zero-order valence-electron chi connectivity index (χ0n) is 13.6. The van der Waals surface area contributed by atoms with Crippen LogP contribution in [-0.4, -0.2) is 17.9 Å². The molecule has 1 heterocycles. The standard InChI is InChI=1S/C18H23N3O2.ClH/c19-17-10-2-1-3-11(17)7-13(6-10)18(23)20-14-4-5-15-12(8-14)9-16(22)21-15;/h4-5,8,10-11,13,17H,1-3,6-7,9,19H2,(H,20,23)(H,21,22);1H. The van der Waals surface area contributed by atoms with Crippen molar-refractivity contribution in [1.29, 1.82) is 0 Å². The molecular weight excluding hydrogens is 326 g/mol. The van der Waals surface area contributed by atoms with E-state index in [1.54, 1.807) is 0 Å². The fourth-order valence-electron chi connectivity index (χ4n) is 4.55. The molecule has 2 fully saturated rings. The molecule has 0 spiro atoms. The van der Waals surface area contributed by atoms with Crippen molar-refractivity contribution in [3.05, 3.63) is 23.8 Å². The summed E-state index contributed by atoms with van der Waals surface area (Å²) in [5, 5.41) is 5.85. The quantitative estimate of drug-likeness (QED) is 0.767. The lowest BCUT2D eigenvalue weighted by Gasteiger charge is -2.43. The molecule has 2 saturated carbocycles. The topological polar surface area (TPSA) is 84.2 Å². The highest BCUT2D eigenvalue weighted by molar-refractivity contribution is 6.00. The maximum Gasteiger partial charge on any atom is 0.228 e. The van der Waals surface area contributed by atoms with E-state index in [1.165, 1.54) is 6.42 Å². The number of carbonyl (C=O) groups excluding carboxylic acids is 2. The minimum atomic E-state index is 0. The van der Waals surface area contributed by atoms with Crippen molar-refractivity contribution in [3.63, 3.8) is 0 Å². The molecule has 2 bridgehead atoms. The van der Waals surface area contributed by atoms with Gasteiger partial charge in [0.25, 0.3) is 0 Å². The van der Waals surface area contributed by atoms with E-state index in [9.17, 15) is 9.59 Å². The highest BCUT2D eigenvalue weighted by atomic mass is 35.5. The molecule has 2 amide bonds. The van der Waals surface area contributed by atoms with E-state index in [0.29, 0.717) is 18.3 Å². The Kier molecular flexibility index (Phi) is 4.83. The molecular formula is C18H24ClN3O2. The number of hydrogen-bond acceptors (Lipinski definition) is 3. The van der Waals surface area contributed by atoms with E-state index >= 15 is 0 Å². The van der Waals surface area contributed by atoms with Gasteiger partial charge in [-0.25, -0.2) is 0 Å². The van der Waals surface area contributed by atoms with Crippen LogP contribution in [-0.2, 0) is 16.0 Å². The summed E-state index contributed by atoms with van der Waals surface area (Å²) in [5.74, 6) is 1.18. The molecule has 4 rings (SSSR count). The zero-order chi connectivity index (χ0) is 16.0. The average molecular weight is 350 g/mol. The van der Waals surface area contributed by atoms with Crippen LogP contribution >= 0.6 is 12.4 Å². The summed E-state index contributed by atoms with van der Waals surface area (Å²) in [4.78, 5) is 24.0. The van der Waals surface area contributed by atoms with Crippen LogP contribution in [0.15, 0.2) is 18.2 Å². The Balaban J connectivity index is 0.00000169. The summed E-state index contributed by atoms with van der Waals surface area (Å²) in [5.41, 5.74) is 8.89. The highest BCUT2D eigenvalue weighted by Crippen LogP contribution is 2.42. The normalized spacial score (nSPS) is 30.8. The van der Waals surface area contributed by atoms with Crippen LogP contribution in [0.1, 0.15) is 37.7 Å². The van der Waals surface area contributed by atoms with Crippen LogP contribution in [0.2, 0.25) is 0 Å². The molecule has 2 aliphatic carbocycles. The van der Waals surface area contributed by atoms with Crippen molar-refractivity contribution in [1.82, 2.24) is 0 Å². The van der Waals surface area contributed by atoms with E-state index in [4.69, 9.17) is 5.73 Å². The van der Waals surface area contributed by atoms with Gasteiger partial charge in [0.15, 0.2) is 0 Å². The second-order valence-electron chi connectivity index (χ2n) is 7.28. The van der Waals surface area contributed by atoms with Gasteiger partial charge in [0.1, 0.15) is 0 Å². The van der Waals surface area contributed by atoms with Crippen LogP contribution in [0.3, 0.4) is 0 Å². The first-order chi connectivity index (χ1) is 11.1. The van der Waals surface area contributed by atoms with Gasteiger partial charge >= 0.3 is 0 Å². The van der Waals surface area contributed by atoms with Crippen molar-refractivity contribution in [2.45, 2.75) is 44.6 Å². The minimum Gasteiger partial charge on any atom is -0.327 e. The van der Waals surface area contributed by atoms with Crippen LogP contribution in [0.5, 0.6) is 0 Å². The lowest BCUT2D eigenvalue weighted by Crippen LogP contribution is -2.48. The van der Waals surface area contributed by atoms with E-state index in [2.05, 4.69) is 10.6 Å². The molecule has 4 N–H and O–H groups in total. The molecule has 1 aromatic carbocycles. The van der Waals surface area contributed by atoms with Gasteiger partial charge in [-0.1, -0.05) is 6.42 Å². The zero-order valence-corrected chi connectivity index (χ0v) is 14.4. The number of nitrogens with two attached hydrogens (primary N) is 1. The smallest absolute Gasteiger partial charge is 0.228 e. The molecule has 0 radical (unpaired) electrons. The molecule has 1 aromatic rings. The maximum atomic E-state index is 12.6. The number of carbonyl (C=O) groups is 2. The highest BCUT2D eigenvalue weighted by Gasteiger charge is 2.40. The molecule has 2 atom stereocenters. The second-order valence-corrected chi connectivity index (χ2v) is 7.28. The van der Waals surface area contributed by atoms with Gasteiger partial charge in [0.2, 0.25) is 11.8 Å². The number of halogens is 1. The van der Waals surface area contributed by atoms with Gasteiger partial charge in [-0.05, 0) is 61.3 Å². The van der Waals surface area contributed by atoms with Gasteiger partial charge in [-0.3, -0.25) is 9.59 Å². The van der Waals surface area contributed by atoms with Crippen LogP contribution in [0.4, 0.5) is 11.4 Å². The molecule has 130 valence electrons. The van der Waals surface area contributed by atoms with Crippen LogP contribution in [0.25, 0.3) is 0 Å². The summed E-state index contributed by atoms with van der Waals surface area (Å²) in [6.45, 7) is 0. The largest absolute Gasteiger partial charge is 0.327 e. The third-order valence-electron chi connectivity index (χ3n) is 5.78. The molecule has 1 aliphatic heterocycles. The molecule has 5 nitrogen and oxygen atoms in total. The summed E-state index contributed by atoms with van der Waals surface area (Å²) >= 11 is 0. The maximum absolute atomic E-state index is 12.6. The van der Waals surface area contributed by atoms with E-state index in [-0.39, 0.29) is 36.2 Å². The second kappa shape index (κ2) is 6.73. The molecule has 2 unspecified atom stereocenters. The van der Waals surface area contributed by atoms with Crippen LogP contribution in [0, 0.1) is 17.8 Å². The Morgan fingerprint density at radius 3 is 2.62 bits per heavy atom. The van der Waals surface area contributed by atoms with Crippen molar-refractivity contribution >= 4 is 35.6 Å². The van der Waals surface area contributed by atoms with Crippen LogP contribution < -0.4 is 16.4 Å². The third-order valence-corrected chi connectivity index (χ3v) is 5.78. The van der Waals surface area contributed by atoms with E-state index < -0.39 is 0 Å². The van der Waals surface area contributed by atoms with Crippen molar-refractivity contribution in [2.75, 3.05) is 10.6 Å². The molecule has 6 heteroatoms. The first-order valence-corrected chi connectivity index (χ1v) is 8.59. The number of amides is 2.